The van der Waals surface area contributed by atoms with Gasteiger partial charge in [0.2, 0.25) is 0 Å². The second-order valence-corrected chi connectivity index (χ2v) is 8.23. The van der Waals surface area contributed by atoms with Crippen LogP contribution in [0.2, 0.25) is 0 Å². The second-order valence-electron chi connectivity index (χ2n) is 8.23. The van der Waals surface area contributed by atoms with E-state index in [1.807, 2.05) is 24.3 Å². The standard InChI is InChI=1S/C24H30F2N4O.HI/c1-27-23(30-14-12-29(13-15-30)22-5-3-2-4-21(22)26)28-18-24(10-16-31-17-11-24)19-6-8-20(25)9-7-19;/h2-9H,10-18H2,1H3,(H,27,28);1H. The fourth-order valence-electron chi connectivity index (χ4n) is 4.58. The number of ether oxygens (including phenoxy) is 1. The molecule has 2 heterocycles. The van der Waals surface area contributed by atoms with Gasteiger partial charge in [0.1, 0.15) is 11.6 Å². The molecule has 2 aliphatic rings. The fourth-order valence-corrected chi connectivity index (χ4v) is 4.58. The summed E-state index contributed by atoms with van der Waals surface area (Å²) in [5.41, 5.74) is 1.67. The molecule has 0 aliphatic carbocycles. The highest BCUT2D eigenvalue weighted by Crippen LogP contribution is 2.34. The molecule has 2 aromatic carbocycles. The third-order valence-corrected chi connectivity index (χ3v) is 6.48. The molecular formula is C24H31F2IN4O. The number of hydrogen-bond acceptors (Lipinski definition) is 3. The van der Waals surface area contributed by atoms with Crippen LogP contribution in [-0.2, 0) is 10.2 Å². The van der Waals surface area contributed by atoms with E-state index in [1.165, 1.54) is 18.2 Å². The number of guanidine groups is 1. The molecule has 2 saturated heterocycles. The van der Waals surface area contributed by atoms with Crippen molar-refractivity contribution >= 4 is 35.6 Å². The Labute approximate surface area is 205 Å². The summed E-state index contributed by atoms with van der Waals surface area (Å²) in [5.74, 6) is 0.447. The summed E-state index contributed by atoms with van der Waals surface area (Å²) in [7, 11) is 1.79. The maximum Gasteiger partial charge on any atom is 0.193 e. The Kier molecular flexibility index (Phi) is 8.70. The summed E-state index contributed by atoms with van der Waals surface area (Å²) >= 11 is 0. The molecule has 0 amide bonds. The summed E-state index contributed by atoms with van der Waals surface area (Å²) < 4.78 is 33.2. The van der Waals surface area contributed by atoms with Crippen LogP contribution in [0.25, 0.3) is 0 Å². The highest BCUT2D eigenvalue weighted by molar-refractivity contribution is 14.0. The topological polar surface area (TPSA) is 40.1 Å². The van der Waals surface area contributed by atoms with Crippen LogP contribution in [0, 0.1) is 11.6 Å². The predicted molar refractivity (Wildman–Crippen MR) is 135 cm³/mol. The van der Waals surface area contributed by atoms with Crippen molar-refractivity contribution in [1.29, 1.82) is 0 Å². The van der Waals surface area contributed by atoms with Gasteiger partial charge in [-0.15, -0.1) is 24.0 Å². The zero-order chi connectivity index (χ0) is 21.7. The van der Waals surface area contributed by atoms with E-state index in [0.717, 1.165) is 50.5 Å². The largest absolute Gasteiger partial charge is 0.381 e. The molecule has 0 spiro atoms. The second kappa shape index (κ2) is 11.3. The van der Waals surface area contributed by atoms with Crippen LogP contribution < -0.4 is 10.2 Å². The van der Waals surface area contributed by atoms with Gasteiger partial charge < -0.3 is 19.9 Å². The number of para-hydroxylation sites is 1. The molecule has 1 N–H and O–H groups in total. The fraction of sp³-hybridized carbons (Fsp3) is 0.458. The first kappa shape index (κ1) is 24.7. The van der Waals surface area contributed by atoms with Crippen molar-refractivity contribution in [3.8, 4) is 0 Å². The summed E-state index contributed by atoms with van der Waals surface area (Å²) in [5, 5.41) is 3.56. The van der Waals surface area contributed by atoms with Crippen molar-refractivity contribution in [2.24, 2.45) is 4.99 Å². The van der Waals surface area contributed by atoms with E-state index in [9.17, 15) is 8.78 Å². The average Bonchev–Trinajstić information content (AvgIpc) is 2.81. The minimum absolute atomic E-state index is 0. The number of nitrogens with one attached hydrogen (secondary N) is 1. The Morgan fingerprint density at radius 1 is 1.00 bits per heavy atom. The van der Waals surface area contributed by atoms with Gasteiger partial charge >= 0.3 is 0 Å². The maximum absolute atomic E-state index is 14.1. The van der Waals surface area contributed by atoms with E-state index in [0.29, 0.717) is 25.4 Å². The Bertz CT molecular complexity index is 895. The van der Waals surface area contributed by atoms with Gasteiger partial charge in [-0.3, -0.25) is 4.99 Å². The van der Waals surface area contributed by atoms with Gasteiger partial charge in [-0.1, -0.05) is 24.3 Å². The molecule has 0 aromatic heterocycles. The van der Waals surface area contributed by atoms with Gasteiger partial charge in [0, 0.05) is 58.4 Å². The van der Waals surface area contributed by atoms with Gasteiger partial charge in [0.05, 0.1) is 5.69 Å². The number of piperazine rings is 1. The Balaban J connectivity index is 0.00000289. The minimum atomic E-state index is -0.220. The smallest absolute Gasteiger partial charge is 0.193 e. The first-order valence-corrected chi connectivity index (χ1v) is 10.9. The van der Waals surface area contributed by atoms with Gasteiger partial charge in [-0.25, -0.2) is 8.78 Å². The number of nitrogens with zero attached hydrogens (tertiary/aromatic N) is 3. The van der Waals surface area contributed by atoms with Crippen molar-refractivity contribution in [3.05, 3.63) is 65.7 Å². The minimum Gasteiger partial charge on any atom is -0.381 e. The average molecular weight is 556 g/mol. The third kappa shape index (κ3) is 5.51. The molecule has 8 heteroatoms. The lowest BCUT2D eigenvalue weighted by Crippen LogP contribution is -2.55. The van der Waals surface area contributed by atoms with Crippen molar-refractivity contribution in [3.63, 3.8) is 0 Å². The highest BCUT2D eigenvalue weighted by atomic mass is 127. The van der Waals surface area contributed by atoms with Crippen molar-refractivity contribution in [1.82, 2.24) is 10.2 Å². The summed E-state index contributed by atoms with van der Waals surface area (Å²) in [6, 6.07) is 13.8. The maximum atomic E-state index is 14.1. The van der Waals surface area contributed by atoms with Crippen LogP contribution in [0.4, 0.5) is 14.5 Å². The first-order valence-electron chi connectivity index (χ1n) is 10.9. The lowest BCUT2D eigenvalue weighted by atomic mass is 9.74. The van der Waals surface area contributed by atoms with Crippen LogP contribution in [0.5, 0.6) is 0 Å². The van der Waals surface area contributed by atoms with Crippen LogP contribution in [0.15, 0.2) is 53.5 Å². The predicted octanol–water partition coefficient (Wildman–Crippen LogP) is 4.03. The van der Waals surface area contributed by atoms with E-state index >= 15 is 0 Å². The quantitative estimate of drug-likeness (QED) is 0.351. The lowest BCUT2D eigenvalue weighted by Gasteiger charge is -2.41. The zero-order valence-electron chi connectivity index (χ0n) is 18.4. The summed E-state index contributed by atoms with van der Waals surface area (Å²) in [4.78, 5) is 8.80. The van der Waals surface area contributed by atoms with Crippen LogP contribution in [-0.4, -0.2) is 63.8 Å². The van der Waals surface area contributed by atoms with E-state index in [-0.39, 0.29) is 41.0 Å². The number of anilines is 1. The van der Waals surface area contributed by atoms with Crippen molar-refractivity contribution in [2.75, 3.05) is 57.9 Å². The molecule has 2 aliphatic heterocycles. The number of benzene rings is 2. The molecule has 4 rings (SSSR count). The first-order chi connectivity index (χ1) is 15.1. The number of hydrogen-bond donors (Lipinski definition) is 1. The number of aliphatic imine (C=N–C) groups is 1. The third-order valence-electron chi connectivity index (χ3n) is 6.48. The summed E-state index contributed by atoms with van der Waals surface area (Å²) in [6.07, 6.45) is 1.76. The van der Waals surface area contributed by atoms with Gasteiger partial charge in [-0.2, -0.15) is 0 Å². The molecule has 0 saturated carbocycles. The number of rotatable bonds is 4. The Morgan fingerprint density at radius 3 is 2.28 bits per heavy atom. The Hall–Kier alpha value is -1.94. The molecule has 0 radical (unpaired) electrons. The van der Waals surface area contributed by atoms with Gasteiger partial charge in [-0.05, 0) is 42.7 Å². The monoisotopic (exact) mass is 556 g/mol. The van der Waals surface area contributed by atoms with Crippen LogP contribution >= 0.6 is 24.0 Å². The van der Waals surface area contributed by atoms with Crippen molar-refractivity contribution in [2.45, 2.75) is 18.3 Å². The van der Waals surface area contributed by atoms with Crippen molar-refractivity contribution < 1.29 is 13.5 Å². The molecule has 5 nitrogen and oxygen atoms in total. The Morgan fingerprint density at radius 2 is 1.66 bits per heavy atom. The molecule has 2 fully saturated rings. The number of halogens is 3. The van der Waals surface area contributed by atoms with Gasteiger partial charge in [0.25, 0.3) is 0 Å². The molecule has 174 valence electrons. The van der Waals surface area contributed by atoms with Crippen LogP contribution in [0.3, 0.4) is 0 Å². The zero-order valence-corrected chi connectivity index (χ0v) is 20.7. The SMILES string of the molecule is CN=C(NCC1(c2ccc(F)cc2)CCOCC1)N1CCN(c2ccccc2F)CC1.I. The van der Waals surface area contributed by atoms with E-state index in [1.54, 1.807) is 13.1 Å². The molecule has 0 atom stereocenters. The molecular weight excluding hydrogens is 525 g/mol. The van der Waals surface area contributed by atoms with Gasteiger partial charge in [0.15, 0.2) is 5.96 Å². The molecule has 2 aromatic rings. The molecule has 0 bridgehead atoms. The normalized spacial score (nSPS) is 18.8. The summed E-state index contributed by atoms with van der Waals surface area (Å²) in [6.45, 7) is 5.10. The van der Waals surface area contributed by atoms with E-state index < -0.39 is 0 Å². The highest BCUT2D eigenvalue weighted by Gasteiger charge is 2.35. The molecule has 0 unspecified atom stereocenters. The molecule has 32 heavy (non-hydrogen) atoms. The van der Waals surface area contributed by atoms with E-state index in [4.69, 9.17) is 4.74 Å². The van der Waals surface area contributed by atoms with E-state index in [2.05, 4.69) is 20.1 Å². The lowest BCUT2D eigenvalue weighted by molar-refractivity contribution is 0.0511. The van der Waals surface area contributed by atoms with Crippen LogP contribution in [0.1, 0.15) is 18.4 Å².